The molecular formula is C32H47NO5. The molecule has 4 aliphatic rings. The van der Waals surface area contributed by atoms with E-state index >= 15 is 0 Å². The number of aliphatic hydroxyl groups excluding tert-OH is 2. The first kappa shape index (κ1) is 27.6. The third-order valence-electron chi connectivity index (χ3n) is 11.8. The molecule has 0 aliphatic heterocycles. The second-order valence-corrected chi connectivity index (χ2v) is 13.6. The predicted octanol–water partition coefficient (Wildman–Crippen LogP) is 5.82. The zero-order valence-electron chi connectivity index (χ0n) is 23.6. The molecular weight excluding hydrogens is 478 g/mol. The summed E-state index contributed by atoms with van der Waals surface area (Å²) in [5, 5.41) is 24.7. The van der Waals surface area contributed by atoms with Gasteiger partial charge in [0.05, 0.1) is 24.9 Å². The van der Waals surface area contributed by atoms with Crippen molar-refractivity contribution in [3.63, 3.8) is 0 Å². The lowest BCUT2D eigenvalue weighted by atomic mass is 9.43. The molecule has 1 aromatic rings. The Morgan fingerprint density at radius 2 is 1.68 bits per heavy atom. The summed E-state index contributed by atoms with van der Waals surface area (Å²) in [6, 6.07) is 6.81. The van der Waals surface area contributed by atoms with Gasteiger partial charge in [-0.05, 0) is 128 Å². The number of anilines is 1. The summed E-state index contributed by atoms with van der Waals surface area (Å²) in [6.45, 7) is 7.27. The first-order valence-corrected chi connectivity index (χ1v) is 14.9. The second-order valence-electron chi connectivity index (χ2n) is 13.6. The van der Waals surface area contributed by atoms with Crippen LogP contribution in [0.4, 0.5) is 5.69 Å². The van der Waals surface area contributed by atoms with E-state index < -0.39 is 0 Å². The highest BCUT2D eigenvalue weighted by atomic mass is 16.5. The zero-order chi connectivity index (χ0) is 27.2. The minimum absolute atomic E-state index is 0.00670. The van der Waals surface area contributed by atoms with Crippen LogP contribution in [0, 0.1) is 46.3 Å². The highest BCUT2D eigenvalue weighted by molar-refractivity contribution is 5.93. The summed E-state index contributed by atoms with van der Waals surface area (Å²) in [5.41, 5.74) is 1.63. The number of rotatable bonds is 6. The molecule has 6 heteroatoms. The molecule has 6 nitrogen and oxygen atoms in total. The topological polar surface area (TPSA) is 95.9 Å². The Morgan fingerprint density at radius 1 is 1.00 bits per heavy atom. The Morgan fingerprint density at radius 3 is 2.39 bits per heavy atom. The number of hydrogen-bond donors (Lipinski definition) is 3. The van der Waals surface area contributed by atoms with Gasteiger partial charge in [0.15, 0.2) is 0 Å². The molecule has 0 radical (unpaired) electrons. The molecule has 210 valence electrons. The molecule has 5 rings (SSSR count). The van der Waals surface area contributed by atoms with E-state index in [-0.39, 0.29) is 34.9 Å². The van der Waals surface area contributed by atoms with E-state index in [1.165, 1.54) is 32.8 Å². The number of carbonyl (C=O) groups is 2. The van der Waals surface area contributed by atoms with Crippen LogP contribution in [0.25, 0.3) is 0 Å². The smallest absolute Gasteiger partial charge is 0.337 e. The van der Waals surface area contributed by atoms with Gasteiger partial charge in [0.1, 0.15) is 0 Å². The Labute approximate surface area is 227 Å². The summed E-state index contributed by atoms with van der Waals surface area (Å²) in [7, 11) is 1.35. The van der Waals surface area contributed by atoms with Gasteiger partial charge in [0, 0.05) is 12.1 Å². The maximum Gasteiger partial charge on any atom is 0.337 e. The maximum atomic E-state index is 12.7. The first-order chi connectivity index (χ1) is 18.1. The Kier molecular flexibility index (Phi) is 7.69. The van der Waals surface area contributed by atoms with Gasteiger partial charge >= 0.3 is 5.97 Å². The molecule has 0 aromatic heterocycles. The number of ether oxygens (including phenoxy) is 1. The van der Waals surface area contributed by atoms with Gasteiger partial charge in [-0.2, -0.15) is 0 Å². The van der Waals surface area contributed by atoms with Crippen LogP contribution in [0.3, 0.4) is 0 Å². The van der Waals surface area contributed by atoms with Crippen molar-refractivity contribution >= 4 is 17.6 Å². The fraction of sp³-hybridized carbons (Fsp3) is 0.750. The fourth-order valence-electron chi connectivity index (χ4n) is 9.77. The zero-order valence-corrected chi connectivity index (χ0v) is 23.6. The van der Waals surface area contributed by atoms with Crippen LogP contribution in [0.15, 0.2) is 24.3 Å². The van der Waals surface area contributed by atoms with Crippen molar-refractivity contribution in [3.8, 4) is 0 Å². The lowest BCUT2D eigenvalue weighted by molar-refractivity contribution is -0.174. The van der Waals surface area contributed by atoms with E-state index in [4.69, 9.17) is 4.74 Å². The molecule has 1 aromatic carbocycles. The van der Waals surface area contributed by atoms with Crippen LogP contribution >= 0.6 is 0 Å². The number of benzene rings is 1. The van der Waals surface area contributed by atoms with Crippen molar-refractivity contribution in [2.24, 2.45) is 46.3 Å². The summed E-state index contributed by atoms with van der Waals surface area (Å²) < 4.78 is 4.73. The third-order valence-corrected chi connectivity index (χ3v) is 11.8. The third kappa shape index (κ3) is 4.81. The number of carbonyl (C=O) groups excluding carboxylic acids is 2. The Balaban J connectivity index is 1.20. The van der Waals surface area contributed by atoms with E-state index in [2.05, 4.69) is 26.1 Å². The van der Waals surface area contributed by atoms with Gasteiger partial charge in [-0.3, -0.25) is 4.79 Å². The van der Waals surface area contributed by atoms with Crippen LogP contribution in [-0.4, -0.2) is 41.4 Å². The molecule has 1 amide bonds. The molecule has 0 bridgehead atoms. The van der Waals surface area contributed by atoms with Crippen molar-refractivity contribution in [1.29, 1.82) is 0 Å². The highest BCUT2D eigenvalue weighted by Crippen LogP contribution is 2.68. The van der Waals surface area contributed by atoms with Gasteiger partial charge in [-0.15, -0.1) is 0 Å². The minimum Gasteiger partial charge on any atom is -0.465 e. The molecule has 0 unspecified atom stereocenters. The van der Waals surface area contributed by atoms with Gasteiger partial charge in [0.2, 0.25) is 5.91 Å². The van der Waals surface area contributed by atoms with Crippen molar-refractivity contribution in [3.05, 3.63) is 29.8 Å². The Hall–Kier alpha value is -1.92. The normalized spacial score (nSPS) is 40.8. The van der Waals surface area contributed by atoms with Crippen molar-refractivity contribution in [1.82, 2.24) is 0 Å². The SMILES string of the molecule is COC(=O)c1ccc(NC(=O)CC[C@@H](C)[C@@H]2CC[C@@H]3[C@H]4[C@@H](CC[C@@]32C)[C@@]2(C)CC[C@@H](O)C[C@@H]2C[C@@H]4O)cc1. The molecule has 0 saturated heterocycles. The van der Waals surface area contributed by atoms with Gasteiger partial charge in [0.25, 0.3) is 0 Å². The fourth-order valence-corrected chi connectivity index (χ4v) is 9.77. The average molecular weight is 526 g/mol. The number of esters is 1. The van der Waals surface area contributed by atoms with Gasteiger partial charge < -0.3 is 20.3 Å². The number of amides is 1. The highest BCUT2D eigenvalue weighted by Gasteiger charge is 2.62. The molecule has 4 fully saturated rings. The lowest BCUT2D eigenvalue weighted by Gasteiger charge is -2.62. The summed E-state index contributed by atoms with van der Waals surface area (Å²) in [5.74, 6) is 2.57. The van der Waals surface area contributed by atoms with Crippen molar-refractivity contribution < 1.29 is 24.5 Å². The molecule has 4 saturated carbocycles. The lowest BCUT2D eigenvalue weighted by Crippen LogP contribution is -2.58. The first-order valence-electron chi connectivity index (χ1n) is 14.9. The molecule has 38 heavy (non-hydrogen) atoms. The molecule has 4 aliphatic carbocycles. The van der Waals surface area contributed by atoms with Gasteiger partial charge in [-0.25, -0.2) is 4.79 Å². The number of methoxy groups -OCH3 is 1. The van der Waals surface area contributed by atoms with E-state index in [1.54, 1.807) is 24.3 Å². The summed E-state index contributed by atoms with van der Waals surface area (Å²) in [4.78, 5) is 24.4. The Bertz CT molecular complexity index is 1030. The standard InChI is InChI=1S/C32H47NO5/c1-19(5-12-28(36)33-22-8-6-20(7-9-22)30(37)38-4)24-10-11-25-29-26(14-16-32(24,25)3)31(2)15-13-23(34)17-21(31)18-27(29)35/h6-9,19,21,23-27,29,34-35H,5,10-18H2,1-4H3,(H,33,36)/t19-,21-,23-,24+,25-,26-,27+,29+,31+,32-/m1/s1. The molecule has 0 spiro atoms. The monoisotopic (exact) mass is 525 g/mol. The number of fused-ring (bicyclic) bond motifs is 5. The van der Waals surface area contributed by atoms with Crippen LogP contribution in [0.1, 0.15) is 95.3 Å². The van der Waals surface area contributed by atoms with E-state index in [1.807, 2.05) is 0 Å². The maximum absolute atomic E-state index is 12.7. The van der Waals surface area contributed by atoms with Gasteiger partial charge in [-0.1, -0.05) is 20.8 Å². The summed E-state index contributed by atoms with van der Waals surface area (Å²) in [6.07, 6.45) is 9.37. The van der Waals surface area contributed by atoms with Crippen LogP contribution in [0.2, 0.25) is 0 Å². The molecule has 3 N–H and O–H groups in total. The second kappa shape index (κ2) is 10.6. The number of nitrogens with one attached hydrogen (secondary N) is 1. The van der Waals surface area contributed by atoms with Crippen molar-refractivity contribution in [2.45, 2.75) is 97.2 Å². The largest absolute Gasteiger partial charge is 0.465 e. The minimum atomic E-state index is -0.388. The molecule has 0 heterocycles. The summed E-state index contributed by atoms with van der Waals surface area (Å²) >= 11 is 0. The average Bonchev–Trinajstić information content (AvgIpc) is 3.25. The van der Waals surface area contributed by atoms with Crippen LogP contribution in [-0.2, 0) is 9.53 Å². The predicted molar refractivity (Wildman–Crippen MR) is 147 cm³/mol. The molecule has 10 atom stereocenters. The van der Waals surface area contributed by atoms with Crippen molar-refractivity contribution in [2.75, 3.05) is 12.4 Å². The number of hydrogen-bond acceptors (Lipinski definition) is 5. The van der Waals surface area contributed by atoms with Crippen LogP contribution in [0.5, 0.6) is 0 Å². The van der Waals surface area contributed by atoms with Crippen LogP contribution < -0.4 is 5.32 Å². The van der Waals surface area contributed by atoms with E-state index in [9.17, 15) is 19.8 Å². The van der Waals surface area contributed by atoms with E-state index in [0.29, 0.717) is 53.2 Å². The quantitative estimate of drug-likeness (QED) is 0.407. The number of aliphatic hydroxyl groups is 2. The van der Waals surface area contributed by atoms with E-state index in [0.717, 1.165) is 32.1 Å².